The van der Waals surface area contributed by atoms with Crippen LogP contribution in [-0.2, 0) is 16.1 Å². The van der Waals surface area contributed by atoms with E-state index in [0.29, 0.717) is 41.8 Å². The van der Waals surface area contributed by atoms with Crippen molar-refractivity contribution in [1.82, 2.24) is 4.90 Å². The Labute approximate surface area is 187 Å². The summed E-state index contributed by atoms with van der Waals surface area (Å²) in [5.41, 5.74) is 2.39. The van der Waals surface area contributed by atoms with Crippen LogP contribution < -0.4 is 14.8 Å². The van der Waals surface area contributed by atoms with Gasteiger partial charge in [0.2, 0.25) is 11.8 Å². The lowest BCUT2D eigenvalue weighted by atomic mass is 10.1. The van der Waals surface area contributed by atoms with Crippen LogP contribution in [0.2, 0.25) is 5.02 Å². The largest absolute Gasteiger partial charge is 0.493 e. The number of methoxy groups -OCH3 is 1. The van der Waals surface area contributed by atoms with Crippen molar-refractivity contribution in [2.45, 2.75) is 32.7 Å². The Morgan fingerprint density at radius 2 is 2.10 bits per heavy atom. The molecular weight excluding hydrogens is 416 g/mol. The second-order valence-electron chi connectivity index (χ2n) is 7.26. The highest BCUT2D eigenvalue weighted by Gasteiger charge is 2.18. The summed E-state index contributed by atoms with van der Waals surface area (Å²) in [5, 5.41) is 3.28. The maximum absolute atomic E-state index is 12.4. The quantitative estimate of drug-likeness (QED) is 0.589. The lowest BCUT2D eigenvalue weighted by molar-refractivity contribution is -0.133. The molecule has 0 atom stereocenters. The number of nitrogens with zero attached hydrogens (tertiary/aromatic N) is 1. The fraction of sp³-hybridized carbons (Fsp3) is 0.333. The summed E-state index contributed by atoms with van der Waals surface area (Å²) in [4.78, 5) is 26.3. The van der Waals surface area contributed by atoms with Crippen molar-refractivity contribution in [2.24, 2.45) is 0 Å². The summed E-state index contributed by atoms with van der Waals surface area (Å²) in [6, 6.07) is 11.0. The van der Waals surface area contributed by atoms with Gasteiger partial charge in [0, 0.05) is 31.3 Å². The minimum Gasteiger partial charge on any atom is -0.493 e. The number of amides is 2. The third-order valence-electron chi connectivity index (χ3n) is 4.96. The molecule has 1 saturated heterocycles. The first kappa shape index (κ1) is 22.7. The molecule has 0 spiro atoms. The summed E-state index contributed by atoms with van der Waals surface area (Å²) < 4.78 is 10.8. The molecule has 31 heavy (non-hydrogen) atoms. The smallest absolute Gasteiger partial charge is 0.248 e. The molecule has 7 heteroatoms. The number of nitrogens with one attached hydrogen (secondary N) is 1. The number of benzene rings is 2. The average molecular weight is 443 g/mol. The Kier molecular flexibility index (Phi) is 7.95. The number of carbonyl (C=O) groups excluding carboxylic acids is 2. The van der Waals surface area contributed by atoms with Gasteiger partial charge in [0.05, 0.1) is 18.7 Å². The third kappa shape index (κ3) is 6.25. The Bertz CT molecular complexity index is 974. The first-order valence-corrected chi connectivity index (χ1v) is 10.7. The van der Waals surface area contributed by atoms with E-state index in [1.54, 1.807) is 25.3 Å². The molecule has 1 N–H and O–H groups in total. The molecule has 0 radical (unpaired) electrons. The number of halogens is 1. The van der Waals surface area contributed by atoms with Crippen LogP contribution in [0.15, 0.2) is 42.5 Å². The molecule has 0 aliphatic carbocycles. The van der Waals surface area contributed by atoms with Gasteiger partial charge in [-0.2, -0.15) is 0 Å². The molecule has 1 heterocycles. The summed E-state index contributed by atoms with van der Waals surface area (Å²) in [5.74, 6) is 0.912. The average Bonchev–Trinajstić information content (AvgIpc) is 2.76. The Balaban J connectivity index is 1.65. The van der Waals surface area contributed by atoms with Crippen molar-refractivity contribution in [3.8, 4) is 11.5 Å². The van der Waals surface area contributed by atoms with Gasteiger partial charge in [-0.3, -0.25) is 9.59 Å². The van der Waals surface area contributed by atoms with Crippen molar-refractivity contribution in [3.63, 3.8) is 0 Å². The highest BCUT2D eigenvalue weighted by atomic mass is 35.5. The van der Waals surface area contributed by atoms with Gasteiger partial charge >= 0.3 is 0 Å². The molecule has 2 aromatic rings. The Morgan fingerprint density at radius 1 is 1.26 bits per heavy atom. The zero-order valence-corrected chi connectivity index (χ0v) is 18.6. The van der Waals surface area contributed by atoms with Gasteiger partial charge < -0.3 is 19.7 Å². The molecule has 164 valence electrons. The summed E-state index contributed by atoms with van der Waals surface area (Å²) in [6.07, 6.45) is 5.71. The van der Waals surface area contributed by atoms with Crippen LogP contribution in [0.5, 0.6) is 11.5 Å². The van der Waals surface area contributed by atoms with Crippen LogP contribution in [0.1, 0.15) is 37.3 Å². The molecular formula is C24H27ClN2O4. The molecule has 1 fully saturated rings. The van der Waals surface area contributed by atoms with E-state index in [9.17, 15) is 9.59 Å². The van der Waals surface area contributed by atoms with E-state index in [2.05, 4.69) is 5.32 Å². The molecule has 0 saturated carbocycles. The van der Waals surface area contributed by atoms with Crippen molar-refractivity contribution in [2.75, 3.05) is 25.6 Å². The second kappa shape index (κ2) is 10.9. The van der Waals surface area contributed by atoms with Gasteiger partial charge in [0.25, 0.3) is 0 Å². The molecule has 2 amide bonds. The summed E-state index contributed by atoms with van der Waals surface area (Å²) in [7, 11) is 1.54. The Morgan fingerprint density at radius 3 is 2.84 bits per heavy atom. The van der Waals surface area contributed by atoms with Gasteiger partial charge in [-0.25, -0.2) is 0 Å². The van der Waals surface area contributed by atoms with E-state index in [-0.39, 0.29) is 11.8 Å². The van der Waals surface area contributed by atoms with Gasteiger partial charge in [-0.15, -0.1) is 0 Å². The second-order valence-corrected chi connectivity index (χ2v) is 7.67. The SMILES string of the molecule is CCOc1c(Cl)cc(/C=C/C(=O)Nc2cccc(CN3CCCCC3=O)c2)cc1OC. The minimum absolute atomic E-state index is 0.188. The normalized spacial score (nSPS) is 14.0. The van der Waals surface area contributed by atoms with Crippen LogP contribution >= 0.6 is 11.6 Å². The zero-order chi connectivity index (χ0) is 22.2. The predicted octanol–water partition coefficient (Wildman–Crippen LogP) is 4.91. The van der Waals surface area contributed by atoms with Crippen molar-refractivity contribution in [1.29, 1.82) is 0 Å². The highest BCUT2D eigenvalue weighted by Crippen LogP contribution is 2.36. The van der Waals surface area contributed by atoms with Gasteiger partial charge in [0.15, 0.2) is 11.5 Å². The number of ether oxygens (including phenoxy) is 2. The first-order chi connectivity index (χ1) is 15.0. The molecule has 0 unspecified atom stereocenters. The molecule has 1 aliphatic heterocycles. The fourth-order valence-corrected chi connectivity index (χ4v) is 3.75. The number of likely N-dealkylation sites (tertiary alicyclic amines) is 1. The lowest BCUT2D eigenvalue weighted by Gasteiger charge is -2.26. The van der Waals surface area contributed by atoms with Crippen LogP contribution in [-0.4, -0.2) is 37.0 Å². The van der Waals surface area contributed by atoms with Crippen molar-refractivity contribution < 1.29 is 19.1 Å². The van der Waals surface area contributed by atoms with Gasteiger partial charge in [0.1, 0.15) is 0 Å². The number of hydrogen-bond donors (Lipinski definition) is 1. The zero-order valence-electron chi connectivity index (χ0n) is 17.8. The van der Waals surface area contributed by atoms with Crippen LogP contribution in [0.4, 0.5) is 5.69 Å². The van der Waals surface area contributed by atoms with E-state index in [1.165, 1.54) is 6.08 Å². The van der Waals surface area contributed by atoms with E-state index in [4.69, 9.17) is 21.1 Å². The molecule has 2 aromatic carbocycles. The molecule has 3 rings (SSSR count). The van der Waals surface area contributed by atoms with Crippen LogP contribution in [0, 0.1) is 0 Å². The van der Waals surface area contributed by atoms with Crippen molar-refractivity contribution in [3.05, 3.63) is 58.6 Å². The number of rotatable bonds is 8. The van der Waals surface area contributed by atoms with Crippen molar-refractivity contribution >= 4 is 35.2 Å². The van der Waals surface area contributed by atoms with E-state index < -0.39 is 0 Å². The molecule has 0 aromatic heterocycles. The maximum Gasteiger partial charge on any atom is 0.248 e. The van der Waals surface area contributed by atoms with Gasteiger partial charge in [-0.05, 0) is 61.2 Å². The highest BCUT2D eigenvalue weighted by molar-refractivity contribution is 6.32. The predicted molar refractivity (Wildman–Crippen MR) is 123 cm³/mol. The van der Waals surface area contributed by atoms with Crippen LogP contribution in [0.25, 0.3) is 6.08 Å². The molecule has 6 nitrogen and oxygen atoms in total. The van der Waals surface area contributed by atoms with E-state index in [0.717, 1.165) is 30.5 Å². The number of carbonyl (C=O) groups is 2. The molecule has 0 bridgehead atoms. The number of hydrogen-bond acceptors (Lipinski definition) is 4. The monoisotopic (exact) mass is 442 g/mol. The van der Waals surface area contributed by atoms with Crippen LogP contribution in [0.3, 0.4) is 0 Å². The third-order valence-corrected chi connectivity index (χ3v) is 5.24. The standard InChI is InChI=1S/C24H27ClN2O4/c1-3-31-24-20(25)14-17(15-21(24)30-2)10-11-22(28)26-19-8-6-7-18(13-19)16-27-12-5-4-9-23(27)29/h6-8,10-11,13-15H,3-5,9,12,16H2,1-2H3,(H,26,28)/b11-10+. The lowest BCUT2D eigenvalue weighted by Crippen LogP contribution is -2.34. The van der Waals surface area contributed by atoms with E-state index >= 15 is 0 Å². The number of anilines is 1. The number of piperidine rings is 1. The molecule has 1 aliphatic rings. The fourth-order valence-electron chi connectivity index (χ4n) is 3.47. The van der Waals surface area contributed by atoms with Gasteiger partial charge in [-0.1, -0.05) is 23.7 Å². The maximum atomic E-state index is 12.4. The summed E-state index contributed by atoms with van der Waals surface area (Å²) in [6.45, 7) is 3.68. The Hall–Kier alpha value is -2.99. The first-order valence-electron chi connectivity index (χ1n) is 10.4. The topological polar surface area (TPSA) is 67.9 Å². The minimum atomic E-state index is -0.268. The van der Waals surface area contributed by atoms with E-state index in [1.807, 2.05) is 36.1 Å². The summed E-state index contributed by atoms with van der Waals surface area (Å²) >= 11 is 6.28.